The van der Waals surface area contributed by atoms with Gasteiger partial charge >= 0.3 is 5.97 Å². The van der Waals surface area contributed by atoms with E-state index < -0.39 is 5.97 Å². The van der Waals surface area contributed by atoms with Gasteiger partial charge in [0.2, 0.25) is 5.78 Å². The molecule has 5 heteroatoms. The summed E-state index contributed by atoms with van der Waals surface area (Å²) in [6.07, 6.45) is 0.723. The Bertz CT molecular complexity index is 1360. The summed E-state index contributed by atoms with van der Waals surface area (Å²) in [5.41, 5.74) is 7.36. The van der Waals surface area contributed by atoms with Crippen LogP contribution in [0.5, 0.6) is 0 Å². The van der Waals surface area contributed by atoms with Gasteiger partial charge in [-0.25, -0.2) is 4.79 Å². The summed E-state index contributed by atoms with van der Waals surface area (Å²) in [5, 5.41) is 4.78. The third kappa shape index (κ3) is 3.44. The summed E-state index contributed by atoms with van der Waals surface area (Å²) in [5.74, 6) is -0.231. The van der Waals surface area contributed by atoms with Gasteiger partial charge in [-0.2, -0.15) is 0 Å². The average molecular weight is 409 g/mol. The molecule has 152 valence electrons. The fourth-order valence-corrected chi connectivity index (χ4v) is 4.00. The monoisotopic (exact) mass is 409 g/mol. The van der Waals surface area contributed by atoms with Crippen molar-refractivity contribution in [2.45, 2.75) is 20.3 Å². The molecule has 0 fully saturated rings. The third-order valence-corrected chi connectivity index (χ3v) is 5.52. The van der Waals surface area contributed by atoms with E-state index in [1.807, 2.05) is 54.6 Å². The summed E-state index contributed by atoms with van der Waals surface area (Å²) >= 11 is 0. The number of benzene rings is 3. The lowest BCUT2D eigenvalue weighted by molar-refractivity contribution is -0.140. The number of nitrogens with zero attached hydrogens (tertiary/aromatic N) is 1. The van der Waals surface area contributed by atoms with Crippen LogP contribution in [0, 0.1) is 0 Å². The highest BCUT2D eigenvalue weighted by molar-refractivity contribution is 6.09. The number of carbonyl (C=O) groups is 2. The molecule has 5 rings (SSSR count). The van der Waals surface area contributed by atoms with Crippen LogP contribution in [-0.4, -0.2) is 17.5 Å². The lowest BCUT2D eigenvalue weighted by atomic mass is 10.00. The van der Waals surface area contributed by atoms with Gasteiger partial charge < -0.3 is 9.25 Å². The van der Waals surface area contributed by atoms with E-state index in [4.69, 9.17) is 9.25 Å². The summed E-state index contributed by atoms with van der Waals surface area (Å²) in [7, 11) is 0. The Morgan fingerprint density at radius 3 is 2.26 bits per heavy atom. The highest BCUT2D eigenvalue weighted by Gasteiger charge is 2.22. The van der Waals surface area contributed by atoms with Crippen molar-refractivity contribution in [2.75, 3.05) is 0 Å². The molecule has 4 aromatic rings. The first kappa shape index (κ1) is 19.0. The number of fused-ring (bicyclic) bond motifs is 4. The molecule has 0 amide bonds. The van der Waals surface area contributed by atoms with E-state index in [0.717, 1.165) is 39.6 Å². The van der Waals surface area contributed by atoms with Crippen LogP contribution in [0.2, 0.25) is 0 Å². The zero-order valence-corrected chi connectivity index (χ0v) is 17.1. The van der Waals surface area contributed by atoms with Gasteiger partial charge in [0.25, 0.3) is 0 Å². The fraction of sp³-hybridized carbons (Fsp3) is 0.115. The van der Waals surface area contributed by atoms with Crippen molar-refractivity contribution in [1.82, 2.24) is 0 Å². The number of rotatable bonds is 4. The first-order valence-corrected chi connectivity index (χ1v) is 10.0. The van der Waals surface area contributed by atoms with Gasteiger partial charge in [0, 0.05) is 17.9 Å². The minimum Gasteiger partial charge on any atom is -0.453 e. The van der Waals surface area contributed by atoms with Crippen LogP contribution in [0.25, 0.3) is 22.1 Å². The van der Waals surface area contributed by atoms with Crippen molar-refractivity contribution in [3.05, 3.63) is 94.7 Å². The molecular weight excluding hydrogens is 390 g/mol. The molecule has 0 saturated carbocycles. The van der Waals surface area contributed by atoms with Crippen LogP contribution in [0.4, 0.5) is 0 Å². The summed E-state index contributed by atoms with van der Waals surface area (Å²) < 4.78 is 5.75. The molecule has 0 bridgehead atoms. The summed E-state index contributed by atoms with van der Waals surface area (Å²) in [4.78, 5) is 28.7. The minimum absolute atomic E-state index is 0.125. The normalized spacial score (nSPS) is 12.5. The molecule has 1 aromatic heterocycles. The van der Waals surface area contributed by atoms with Gasteiger partial charge in [-0.05, 0) is 65.4 Å². The molecule has 1 aliphatic rings. The molecule has 31 heavy (non-hydrogen) atoms. The number of furan rings is 1. The summed E-state index contributed by atoms with van der Waals surface area (Å²) in [6.45, 7) is 3.12. The lowest BCUT2D eigenvalue weighted by Gasteiger charge is -2.05. The van der Waals surface area contributed by atoms with E-state index in [0.29, 0.717) is 22.6 Å². The van der Waals surface area contributed by atoms with Crippen LogP contribution >= 0.6 is 0 Å². The molecule has 0 N–H and O–H groups in total. The number of hydrogen-bond acceptors (Lipinski definition) is 5. The highest BCUT2D eigenvalue weighted by Crippen LogP contribution is 2.38. The Labute approximate surface area is 178 Å². The predicted octanol–water partition coefficient (Wildman–Crippen LogP) is 5.52. The standard InChI is InChI=1S/C26H19NO4/c1-15(27-31-16(2)28)17-7-9-22-20(11-17)13-21-12-19(8-10-23(21)22)26(29)25-14-18-5-3-4-6-24(18)30-25/h3-12,14H,13H2,1-2H3. The van der Waals surface area contributed by atoms with Crippen LogP contribution in [0.1, 0.15) is 46.7 Å². The smallest absolute Gasteiger partial charge is 0.331 e. The Morgan fingerprint density at radius 2 is 1.55 bits per heavy atom. The van der Waals surface area contributed by atoms with E-state index in [-0.39, 0.29) is 5.78 Å². The second-order valence-electron chi connectivity index (χ2n) is 7.66. The molecule has 3 aromatic carbocycles. The number of hydrogen-bond donors (Lipinski definition) is 0. The van der Waals surface area contributed by atoms with Gasteiger partial charge in [-0.1, -0.05) is 47.6 Å². The van der Waals surface area contributed by atoms with Crippen molar-refractivity contribution in [1.29, 1.82) is 0 Å². The SMILES string of the molecule is CC(=O)ON=C(C)c1ccc2c(c1)Cc1cc(C(=O)c3cc4ccccc4o3)ccc1-2. The molecule has 0 atom stereocenters. The Hall–Kier alpha value is -3.99. The molecular formula is C26H19NO4. The fourth-order valence-electron chi connectivity index (χ4n) is 4.00. The maximum atomic E-state index is 13.0. The van der Waals surface area contributed by atoms with E-state index in [1.54, 1.807) is 13.0 Å². The highest BCUT2D eigenvalue weighted by atomic mass is 16.7. The second kappa shape index (κ2) is 7.36. The van der Waals surface area contributed by atoms with Crippen LogP contribution in [0.15, 0.2) is 76.3 Å². The topological polar surface area (TPSA) is 68.9 Å². The quantitative estimate of drug-likeness (QED) is 0.170. The third-order valence-electron chi connectivity index (χ3n) is 5.52. The Kier molecular flexibility index (Phi) is 4.51. The summed E-state index contributed by atoms with van der Waals surface area (Å²) in [6, 6.07) is 21.2. The van der Waals surface area contributed by atoms with Gasteiger partial charge in [0.1, 0.15) is 5.58 Å². The van der Waals surface area contributed by atoms with Crippen LogP contribution in [-0.2, 0) is 16.1 Å². The van der Waals surface area contributed by atoms with E-state index in [2.05, 4.69) is 11.2 Å². The predicted molar refractivity (Wildman–Crippen MR) is 118 cm³/mol. The number of oxime groups is 1. The maximum Gasteiger partial charge on any atom is 0.331 e. The van der Waals surface area contributed by atoms with Crippen molar-refractivity contribution in [2.24, 2.45) is 5.16 Å². The molecule has 0 radical (unpaired) electrons. The van der Waals surface area contributed by atoms with E-state index in [9.17, 15) is 9.59 Å². The Morgan fingerprint density at radius 1 is 0.871 bits per heavy atom. The zero-order valence-electron chi connectivity index (χ0n) is 17.1. The average Bonchev–Trinajstić information content (AvgIpc) is 3.37. The lowest BCUT2D eigenvalue weighted by Crippen LogP contribution is -2.00. The first-order chi connectivity index (χ1) is 15.0. The zero-order chi connectivity index (χ0) is 21.5. The molecule has 0 saturated heterocycles. The van der Waals surface area contributed by atoms with E-state index >= 15 is 0 Å². The number of para-hydroxylation sites is 1. The maximum absolute atomic E-state index is 13.0. The molecule has 1 heterocycles. The van der Waals surface area contributed by atoms with Gasteiger partial charge in [-0.3, -0.25) is 4.79 Å². The van der Waals surface area contributed by atoms with Crippen LogP contribution in [0.3, 0.4) is 0 Å². The molecule has 1 aliphatic carbocycles. The first-order valence-electron chi connectivity index (χ1n) is 10.0. The Balaban J connectivity index is 1.44. The van der Waals surface area contributed by atoms with Crippen molar-refractivity contribution in [3.63, 3.8) is 0 Å². The van der Waals surface area contributed by atoms with Crippen molar-refractivity contribution < 1.29 is 18.8 Å². The minimum atomic E-state index is -0.449. The van der Waals surface area contributed by atoms with Gasteiger partial charge in [0.05, 0.1) is 5.71 Å². The number of carbonyl (C=O) groups excluding carboxylic acids is 2. The molecule has 0 aliphatic heterocycles. The van der Waals surface area contributed by atoms with Crippen molar-refractivity contribution in [3.8, 4) is 11.1 Å². The van der Waals surface area contributed by atoms with Gasteiger partial charge in [-0.15, -0.1) is 0 Å². The second-order valence-corrected chi connectivity index (χ2v) is 7.66. The van der Waals surface area contributed by atoms with Crippen LogP contribution < -0.4 is 0 Å². The molecule has 0 unspecified atom stereocenters. The van der Waals surface area contributed by atoms with Gasteiger partial charge in [0.15, 0.2) is 5.76 Å². The largest absolute Gasteiger partial charge is 0.453 e. The van der Waals surface area contributed by atoms with Crippen molar-refractivity contribution >= 4 is 28.4 Å². The molecule has 5 nitrogen and oxygen atoms in total. The van der Waals surface area contributed by atoms with E-state index in [1.165, 1.54) is 6.92 Å². The molecule has 0 spiro atoms. The number of ketones is 1.